The first-order chi connectivity index (χ1) is 6.94. The van der Waals surface area contributed by atoms with Gasteiger partial charge in [-0.1, -0.05) is 0 Å². The Labute approximate surface area is 95.8 Å². The molecule has 0 spiro atoms. The summed E-state index contributed by atoms with van der Waals surface area (Å²) in [5.74, 6) is 0. The number of hydroxylamine groups is 2. The zero-order valence-electron chi connectivity index (χ0n) is 10.1. The van der Waals surface area contributed by atoms with Crippen molar-refractivity contribution >= 4 is 7.75 Å². The van der Waals surface area contributed by atoms with Gasteiger partial charge in [0.2, 0.25) is 0 Å². The SMILES string of the molecule is CC1(C)CC(NP(=O)(O)O)CC(C)(C)N1[O]. The van der Waals surface area contributed by atoms with E-state index in [1.54, 1.807) is 27.7 Å². The Kier molecular flexibility index (Phi) is 3.57. The van der Waals surface area contributed by atoms with Gasteiger partial charge in [0.1, 0.15) is 0 Å². The monoisotopic (exact) mass is 251 g/mol. The van der Waals surface area contributed by atoms with Gasteiger partial charge >= 0.3 is 7.75 Å². The molecule has 16 heavy (non-hydrogen) atoms. The van der Waals surface area contributed by atoms with E-state index in [0.717, 1.165) is 5.06 Å². The Morgan fingerprint density at radius 2 is 1.56 bits per heavy atom. The highest BCUT2D eigenvalue weighted by atomic mass is 31.2. The van der Waals surface area contributed by atoms with E-state index in [9.17, 15) is 9.77 Å². The second-order valence-electron chi connectivity index (χ2n) is 5.70. The van der Waals surface area contributed by atoms with Gasteiger partial charge < -0.3 is 9.79 Å². The first kappa shape index (κ1) is 14.1. The molecule has 1 saturated heterocycles. The fourth-order valence-electron chi connectivity index (χ4n) is 2.59. The van der Waals surface area contributed by atoms with E-state index in [4.69, 9.17) is 9.79 Å². The summed E-state index contributed by atoms with van der Waals surface area (Å²) in [4.78, 5) is 17.8. The van der Waals surface area contributed by atoms with Gasteiger partial charge in [-0.3, -0.25) is 0 Å². The molecule has 0 unspecified atom stereocenters. The second-order valence-corrected chi connectivity index (χ2v) is 7.04. The molecule has 1 aliphatic heterocycles. The van der Waals surface area contributed by atoms with E-state index in [-0.39, 0.29) is 6.04 Å². The van der Waals surface area contributed by atoms with Gasteiger partial charge in [0.25, 0.3) is 0 Å². The molecule has 0 aliphatic carbocycles. The van der Waals surface area contributed by atoms with Crippen molar-refractivity contribution in [2.75, 3.05) is 0 Å². The van der Waals surface area contributed by atoms with Crippen molar-refractivity contribution in [3.63, 3.8) is 0 Å². The van der Waals surface area contributed by atoms with Crippen molar-refractivity contribution in [3.05, 3.63) is 0 Å². The van der Waals surface area contributed by atoms with E-state index in [1.807, 2.05) is 0 Å². The molecule has 3 N–H and O–H groups in total. The summed E-state index contributed by atoms with van der Waals surface area (Å²) in [6.45, 7) is 7.15. The van der Waals surface area contributed by atoms with E-state index < -0.39 is 18.8 Å². The molecule has 1 aliphatic rings. The molecule has 1 rings (SSSR count). The minimum absolute atomic E-state index is 0.337. The summed E-state index contributed by atoms with van der Waals surface area (Å²) in [6, 6.07) is -0.337. The summed E-state index contributed by atoms with van der Waals surface area (Å²) >= 11 is 0. The first-order valence-electron chi connectivity index (χ1n) is 5.25. The maximum absolute atomic E-state index is 12.0. The van der Waals surface area contributed by atoms with Crippen LogP contribution in [-0.4, -0.2) is 32.0 Å². The lowest BCUT2D eigenvalue weighted by molar-refractivity contribution is -0.289. The van der Waals surface area contributed by atoms with Crippen LogP contribution in [0.25, 0.3) is 0 Å². The molecular weight excluding hydrogens is 231 g/mol. The lowest BCUT2D eigenvalue weighted by Gasteiger charge is -2.49. The van der Waals surface area contributed by atoms with Crippen molar-refractivity contribution in [1.29, 1.82) is 0 Å². The fourth-order valence-corrected chi connectivity index (χ4v) is 3.25. The quantitative estimate of drug-likeness (QED) is 0.637. The van der Waals surface area contributed by atoms with Crippen LogP contribution in [0.5, 0.6) is 0 Å². The number of rotatable bonds is 2. The Bertz CT molecular complexity index is 295. The number of hydrogen-bond donors (Lipinski definition) is 3. The molecule has 95 valence electrons. The van der Waals surface area contributed by atoms with Crippen LogP contribution in [0.1, 0.15) is 40.5 Å². The van der Waals surface area contributed by atoms with Gasteiger partial charge in [-0.25, -0.2) is 9.65 Å². The molecular formula is C9H20N2O4P. The summed E-state index contributed by atoms with van der Waals surface area (Å²) in [5, 5.41) is 15.3. The molecule has 0 saturated carbocycles. The predicted molar refractivity (Wildman–Crippen MR) is 58.9 cm³/mol. The molecule has 6 nitrogen and oxygen atoms in total. The molecule has 0 aromatic heterocycles. The molecule has 0 bridgehead atoms. The average molecular weight is 251 g/mol. The Morgan fingerprint density at radius 3 is 1.88 bits per heavy atom. The zero-order valence-corrected chi connectivity index (χ0v) is 11.0. The smallest absolute Gasteiger partial charge is 0.313 e. The van der Waals surface area contributed by atoms with Gasteiger partial charge in [-0.2, -0.15) is 0 Å². The molecule has 0 aromatic rings. The van der Waals surface area contributed by atoms with Crippen molar-refractivity contribution in [2.45, 2.75) is 57.7 Å². The maximum atomic E-state index is 12.0. The Hall–Kier alpha value is 0.0300. The lowest BCUT2D eigenvalue weighted by Crippen LogP contribution is -2.61. The van der Waals surface area contributed by atoms with Crippen LogP contribution in [0.4, 0.5) is 0 Å². The number of piperidine rings is 1. The molecule has 0 aromatic carbocycles. The van der Waals surface area contributed by atoms with Gasteiger partial charge in [0, 0.05) is 17.1 Å². The maximum Gasteiger partial charge on any atom is 0.400 e. The summed E-state index contributed by atoms with van der Waals surface area (Å²) in [6.07, 6.45) is 0.843. The van der Waals surface area contributed by atoms with Crippen LogP contribution < -0.4 is 5.09 Å². The van der Waals surface area contributed by atoms with E-state index in [1.165, 1.54) is 0 Å². The van der Waals surface area contributed by atoms with Crippen LogP contribution in [0.15, 0.2) is 0 Å². The van der Waals surface area contributed by atoms with Crippen molar-refractivity contribution in [1.82, 2.24) is 10.2 Å². The standard InChI is InChI=1S/C9H20N2O4P/c1-8(2)5-7(10-16(13,14)15)6-9(3,4)11(8)12/h7H,5-6H2,1-4H3,(H3,10,13,14,15). The van der Waals surface area contributed by atoms with Crippen LogP contribution in [-0.2, 0) is 9.77 Å². The summed E-state index contributed by atoms with van der Waals surface area (Å²) < 4.78 is 10.9. The second kappa shape index (κ2) is 4.05. The predicted octanol–water partition coefficient (Wildman–Crippen LogP) is 1.04. The summed E-state index contributed by atoms with van der Waals surface area (Å²) in [7, 11) is -4.24. The van der Waals surface area contributed by atoms with Crippen molar-refractivity contribution in [3.8, 4) is 0 Å². The molecule has 1 heterocycles. The average Bonchev–Trinajstić information content (AvgIpc) is 1.95. The molecule has 1 radical (unpaired) electrons. The van der Waals surface area contributed by atoms with Crippen LogP contribution in [0, 0.1) is 0 Å². The third-order valence-electron chi connectivity index (χ3n) is 2.94. The minimum atomic E-state index is -4.24. The third-order valence-corrected chi connectivity index (χ3v) is 3.64. The fraction of sp³-hybridized carbons (Fsp3) is 1.00. The van der Waals surface area contributed by atoms with Gasteiger partial charge in [-0.15, -0.1) is 10.3 Å². The lowest BCUT2D eigenvalue weighted by atomic mass is 9.79. The topological polar surface area (TPSA) is 92.7 Å². The first-order valence-corrected chi connectivity index (χ1v) is 6.86. The number of nitrogens with zero attached hydrogens (tertiary/aromatic N) is 1. The highest BCUT2D eigenvalue weighted by Crippen LogP contribution is 2.40. The highest BCUT2D eigenvalue weighted by Gasteiger charge is 2.47. The summed E-state index contributed by atoms with van der Waals surface area (Å²) in [5.41, 5.74) is -1.23. The number of hydrogen-bond acceptors (Lipinski definition) is 2. The molecule has 1 fully saturated rings. The largest absolute Gasteiger partial charge is 0.400 e. The van der Waals surface area contributed by atoms with E-state index in [2.05, 4.69) is 5.09 Å². The number of nitrogens with one attached hydrogen (secondary N) is 1. The minimum Gasteiger partial charge on any atom is -0.313 e. The molecule has 7 heteroatoms. The van der Waals surface area contributed by atoms with Gasteiger partial charge in [-0.05, 0) is 40.5 Å². The van der Waals surface area contributed by atoms with Crippen molar-refractivity contribution in [2.24, 2.45) is 0 Å². The normalized spacial score (nSPS) is 26.9. The van der Waals surface area contributed by atoms with Crippen LogP contribution in [0.2, 0.25) is 0 Å². The highest BCUT2D eigenvalue weighted by molar-refractivity contribution is 7.49. The van der Waals surface area contributed by atoms with E-state index in [0.29, 0.717) is 12.8 Å². The van der Waals surface area contributed by atoms with Crippen LogP contribution in [0.3, 0.4) is 0 Å². The Balaban J connectivity index is 2.83. The van der Waals surface area contributed by atoms with Gasteiger partial charge in [0.15, 0.2) is 0 Å². The van der Waals surface area contributed by atoms with Gasteiger partial charge in [0.05, 0.1) is 0 Å². The zero-order chi connectivity index (χ0) is 12.8. The molecule has 0 atom stereocenters. The third kappa shape index (κ3) is 3.26. The van der Waals surface area contributed by atoms with E-state index >= 15 is 0 Å². The Morgan fingerprint density at radius 1 is 1.19 bits per heavy atom. The molecule has 0 amide bonds. The van der Waals surface area contributed by atoms with Crippen molar-refractivity contribution < 1.29 is 19.6 Å². The van der Waals surface area contributed by atoms with Crippen LogP contribution >= 0.6 is 7.75 Å².